The van der Waals surface area contributed by atoms with E-state index in [1.807, 2.05) is 20.8 Å². The van der Waals surface area contributed by atoms with Crippen LogP contribution in [-0.4, -0.2) is 22.8 Å². The van der Waals surface area contributed by atoms with Gasteiger partial charge in [-0.05, 0) is 43.9 Å². The van der Waals surface area contributed by atoms with Crippen molar-refractivity contribution < 1.29 is 23.4 Å². The molecular formula is C15H18F2O3. The van der Waals surface area contributed by atoms with Gasteiger partial charge in [-0.25, -0.2) is 13.6 Å². The van der Waals surface area contributed by atoms with Crippen LogP contribution in [0.25, 0.3) is 0 Å². The molecule has 0 saturated carbocycles. The summed E-state index contributed by atoms with van der Waals surface area (Å²) in [6.07, 6.45) is -1.05. The molecule has 1 N–H and O–H groups in total. The zero-order valence-corrected chi connectivity index (χ0v) is 11.9. The van der Waals surface area contributed by atoms with Gasteiger partial charge in [0, 0.05) is 5.92 Å². The highest BCUT2D eigenvalue weighted by Crippen LogP contribution is 2.47. The number of carboxylic acid groups (broad SMARTS) is 1. The highest BCUT2D eigenvalue weighted by Gasteiger charge is 2.51. The molecule has 2 rings (SSSR count). The maximum Gasteiger partial charge on any atom is 0.333 e. The molecule has 3 atom stereocenters. The molecule has 110 valence electrons. The molecule has 0 aromatic heterocycles. The van der Waals surface area contributed by atoms with Crippen LogP contribution < -0.4 is 0 Å². The Morgan fingerprint density at radius 1 is 1.35 bits per heavy atom. The summed E-state index contributed by atoms with van der Waals surface area (Å²) in [6, 6.07) is 2.49. The summed E-state index contributed by atoms with van der Waals surface area (Å²) < 4.78 is 32.6. The van der Waals surface area contributed by atoms with Crippen LogP contribution in [0.2, 0.25) is 0 Å². The van der Waals surface area contributed by atoms with Gasteiger partial charge in [0.25, 0.3) is 0 Å². The highest BCUT2D eigenvalue weighted by atomic mass is 19.2. The maximum atomic E-state index is 13.7. The minimum Gasteiger partial charge on any atom is -0.479 e. The summed E-state index contributed by atoms with van der Waals surface area (Å²) in [5, 5.41) is 9.32. The van der Waals surface area contributed by atoms with Crippen molar-refractivity contribution in [2.75, 3.05) is 0 Å². The van der Waals surface area contributed by atoms with Gasteiger partial charge in [0.1, 0.15) is 0 Å². The molecule has 5 heteroatoms. The van der Waals surface area contributed by atoms with E-state index < -0.39 is 35.2 Å². The highest BCUT2D eigenvalue weighted by molar-refractivity contribution is 5.74. The van der Waals surface area contributed by atoms with Crippen molar-refractivity contribution in [1.29, 1.82) is 0 Å². The van der Waals surface area contributed by atoms with Crippen molar-refractivity contribution in [3.63, 3.8) is 0 Å². The van der Waals surface area contributed by atoms with Crippen molar-refractivity contribution in [1.82, 2.24) is 0 Å². The van der Waals surface area contributed by atoms with Gasteiger partial charge in [-0.2, -0.15) is 0 Å². The molecule has 0 aliphatic carbocycles. The number of hydrogen-bond donors (Lipinski definition) is 1. The van der Waals surface area contributed by atoms with Gasteiger partial charge in [-0.3, -0.25) is 0 Å². The van der Waals surface area contributed by atoms with Gasteiger partial charge < -0.3 is 9.84 Å². The molecule has 0 radical (unpaired) electrons. The van der Waals surface area contributed by atoms with Crippen molar-refractivity contribution in [2.24, 2.45) is 5.92 Å². The quantitative estimate of drug-likeness (QED) is 0.906. The lowest BCUT2D eigenvalue weighted by Crippen LogP contribution is -2.27. The predicted octanol–water partition coefficient (Wildman–Crippen LogP) is 3.25. The molecule has 1 aliphatic rings. The molecule has 1 aromatic rings. The average Bonchev–Trinajstić information content (AvgIpc) is 2.59. The molecule has 20 heavy (non-hydrogen) atoms. The summed E-state index contributed by atoms with van der Waals surface area (Å²) in [5.41, 5.74) is 0.00848. The predicted molar refractivity (Wildman–Crippen MR) is 69.6 cm³/mol. The number of benzene rings is 1. The number of carboxylic acids is 1. The van der Waals surface area contributed by atoms with Gasteiger partial charge in [-0.15, -0.1) is 0 Å². The second-order valence-corrected chi connectivity index (χ2v) is 5.87. The normalized spacial score (nSPS) is 28.6. The van der Waals surface area contributed by atoms with E-state index in [-0.39, 0.29) is 11.5 Å². The molecule has 0 bridgehead atoms. The molecule has 1 fully saturated rings. The third-order valence-electron chi connectivity index (χ3n) is 4.38. The molecular weight excluding hydrogens is 266 g/mol. The Morgan fingerprint density at radius 2 is 1.95 bits per heavy atom. The maximum absolute atomic E-state index is 13.7. The SMILES string of the molecule is Cc1c([C@H]2[C@@H](C(=O)O)OC(C)(C)[C@H]2C)ccc(F)c1F. The Kier molecular flexibility index (Phi) is 3.58. The van der Waals surface area contributed by atoms with Gasteiger partial charge in [-0.1, -0.05) is 13.0 Å². The largest absolute Gasteiger partial charge is 0.479 e. The lowest BCUT2D eigenvalue weighted by atomic mass is 9.77. The van der Waals surface area contributed by atoms with Gasteiger partial charge >= 0.3 is 5.97 Å². The van der Waals surface area contributed by atoms with Crippen molar-refractivity contribution >= 4 is 5.97 Å². The molecule has 0 amide bonds. The second-order valence-electron chi connectivity index (χ2n) is 5.87. The van der Waals surface area contributed by atoms with E-state index in [1.54, 1.807) is 0 Å². The van der Waals surface area contributed by atoms with E-state index in [1.165, 1.54) is 13.0 Å². The third kappa shape index (κ3) is 2.20. The van der Waals surface area contributed by atoms with E-state index in [2.05, 4.69) is 0 Å². The van der Waals surface area contributed by atoms with E-state index in [0.717, 1.165) is 6.07 Å². The van der Waals surface area contributed by atoms with Crippen molar-refractivity contribution in [3.05, 3.63) is 34.9 Å². The Balaban J connectivity index is 2.54. The number of halogens is 2. The fourth-order valence-electron chi connectivity index (χ4n) is 2.87. The lowest BCUT2D eigenvalue weighted by Gasteiger charge is -2.25. The molecule has 1 aliphatic heterocycles. The minimum absolute atomic E-state index is 0.132. The molecule has 0 unspecified atom stereocenters. The third-order valence-corrected chi connectivity index (χ3v) is 4.38. The first kappa shape index (κ1) is 14.9. The van der Waals surface area contributed by atoms with Crippen molar-refractivity contribution in [2.45, 2.75) is 45.3 Å². The Hall–Kier alpha value is -1.49. The fraction of sp³-hybridized carbons (Fsp3) is 0.533. The first-order valence-electron chi connectivity index (χ1n) is 6.52. The number of aliphatic carboxylic acids is 1. The van der Waals surface area contributed by atoms with E-state index in [9.17, 15) is 18.7 Å². The van der Waals surface area contributed by atoms with Crippen LogP contribution in [0.5, 0.6) is 0 Å². The number of carbonyl (C=O) groups is 1. The van der Waals surface area contributed by atoms with Crippen LogP contribution in [0.15, 0.2) is 12.1 Å². The van der Waals surface area contributed by atoms with Crippen LogP contribution in [0.1, 0.15) is 37.8 Å². The fourth-order valence-corrected chi connectivity index (χ4v) is 2.87. The van der Waals surface area contributed by atoms with Crippen LogP contribution in [-0.2, 0) is 9.53 Å². The minimum atomic E-state index is -1.09. The average molecular weight is 284 g/mol. The lowest BCUT2D eigenvalue weighted by molar-refractivity contribution is -0.153. The zero-order chi connectivity index (χ0) is 15.2. The van der Waals surface area contributed by atoms with Gasteiger partial charge in [0.15, 0.2) is 17.7 Å². The number of rotatable bonds is 2. The summed E-state index contributed by atoms with van der Waals surface area (Å²) in [7, 11) is 0. The van der Waals surface area contributed by atoms with Crippen molar-refractivity contribution in [3.8, 4) is 0 Å². The molecule has 0 spiro atoms. The molecule has 1 heterocycles. The first-order valence-corrected chi connectivity index (χ1v) is 6.52. The summed E-state index contributed by atoms with van der Waals surface area (Å²) >= 11 is 0. The van der Waals surface area contributed by atoms with Crippen LogP contribution in [0, 0.1) is 24.5 Å². The topological polar surface area (TPSA) is 46.5 Å². The smallest absolute Gasteiger partial charge is 0.333 e. The van der Waals surface area contributed by atoms with E-state index >= 15 is 0 Å². The Morgan fingerprint density at radius 3 is 2.50 bits per heavy atom. The first-order chi connectivity index (χ1) is 9.16. The molecule has 1 aromatic carbocycles. The Labute approximate surface area is 116 Å². The summed E-state index contributed by atoms with van der Waals surface area (Å²) in [4.78, 5) is 11.4. The zero-order valence-electron chi connectivity index (χ0n) is 11.9. The monoisotopic (exact) mass is 284 g/mol. The number of ether oxygens (including phenoxy) is 1. The Bertz CT molecular complexity index is 554. The molecule has 1 saturated heterocycles. The number of hydrogen-bond acceptors (Lipinski definition) is 2. The van der Waals surface area contributed by atoms with E-state index in [0.29, 0.717) is 5.56 Å². The van der Waals surface area contributed by atoms with E-state index in [4.69, 9.17) is 4.74 Å². The summed E-state index contributed by atoms with van der Waals surface area (Å²) in [5.74, 6) is -3.58. The van der Waals surface area contributed by atoms with Crippen LogP contribution >= 0.6 is 0 Å². The summed E-state index contributed by atoms with van der Waals surface area (Å²) in [6.45, 7) is 6.95. The molecule has 3 nitrogen and oxygen atoms in total. The standard InChI is InChI=1S/C15H18F2O3/c1-7-9(5-6-10(16)12(7)17)11-8(2)15(3,4)20-13(11)14(18)19/h5-6,8,11,13H,1-4H3,(H,18,19)/t8-,11-,13-/m0/s1. The van der Waals surface area contributed by atoms with Gasteiger partial charge in [0.05, 0.1) is 5.60 Å². The van der Waals surface area contributed by atoms with Gasteiger partial charge in [0.2, 0.25) is 0 Å². The van der Waals surface area contributed by atoms with Crippen LogP contribution in [0.3, 0.4) is 0 Å². The van der Waals surface area contributed by atoms with Crippen LogP contribution in [0.4, 0.5) is 8.78 Å². The second kappa shape index (κ2) is 4.81.